The molecule has 0 saturated heterocycles. The summed E-state index contributed by atoms with van der Waals surface area (Å²) in [5.41, 5.74) is 1.29. The number of aromatic nitrogens is 3. The number of amides is 1. The molecule has 1 amide bonds. The fourth-order valence-corrected chi connectivity index (χ4v) is 2.21. The van der Waals surface area contributed by atoms with E-state index in [-0.39, 0.29) is 5.91 Å². The molecule has 112 valence electrons. The highest BCUT2D eigenvalue weighted by Crippen LogP contribution is 2.16. The van der Waals surface area contributed by atoms with Gasteiger partial charge in [0.1, 0.15) is 11.5 Å². The molecule has 21 heavy (non-hydrogen) atoms. The molecule has 2 heterocycles. The van der Waals surface area contributed by atoms with Crippen LogP contribution in [-0.2, 0) is 11.2 Å². The number of nitrogens with one attached hydrogen (secondary N) is 1. The van der Waals surface area contributed by atoms with E-state index in [0.29, 0.717) is 41.8 Å². The lowest BCUT2D eigenvalue weighted by Gasteiger charge is -2.06. The molecule has 7 nitrogen and oxygen atoms in total. The molecular weight excluding hydrogens is 292 g/mol. The molecule has 0 unspecified atom stereocenters. The third-order valence-corrected chi connectivity index (χ3v) is 3.40. The number of methoxy groups -OCH3 is 1. The van der Waals surface area contributed by atoms with E-state index in [1.54, 1.807) is 25.4 Å². The van der Waals surface area contributed by atoms with Crippen molar-refractivity contribution >= 4 is 23.1 Å². The minimum Gasteiger partial charge on any atom is -0.475 e. The van der Waals surface area contributed by atoms with Crippen LogP contribution in [0.1, 0.15) is 22.3 Å². The van der Waals surface area contributed by atoms with E-state index in [9.17, 15) is 4.79 Å². The van der Waals surface area contributed by atoms with Crippen LogP contribution in [0.3, 0.4) is 0 Å². The second-order valence-corrected chi connectivity index (χ2v) is 4.84. The standard InChI is InChI=1S/C13H16N4O3S/c1-3-10-12(21-17-16-10)13(18)15-9-4-5-11(14-8-9)20-7-6-19-2/h4-5,8H,3,6-7H2,1-2H3,(H,15,18). The van der Waals surface area contributed by atoms with Gasteiger partial charge in [-0.2, -0.15) is 0 Å². The lowest BCUT2D eigenvalue weighted by Crippen LogP contribution is -2.12. The van der Waals surface area contributed by atoms with Gasteiger partial charge in [-0.15, -0.1) is 5.10 Å². The first-order valence-corrected chi connectivity index (χ1v) is 7.22. The van der Waals surface area contributed by atoms with E-state index in [1.807, 2.05) is 6.92 Å². The van der Waals surface area contributed by atoms with Crippen molar-refractivity contribution in [3.63, 3.8) is 0 Å². The predicted molar refractivity (Wildman–Crippen MR) is 78.8 cm³/mol. The summed E-state index contributed by atoms with van der Waals surface area (Å²) in [5, 5.41) is 6.68. The van der Waals surface area contributed by atoms with Crippen LogP contribution >= 0.6 is 11.5 Å². The summed E-state index contributed by atoms with van der Waals surface area (Å²) < 4.78 is 14.0. The van der Waals surface area contributed by atoms with Crippen LogP contribution in [0, 0.1) is 0 Å². The molecule has 2 aromatic heterocycles. The maximum Gasteiger partial charge on any atom is 0.269 e. The Bertz CT molecular complexity index is 585. The van der Waals surface area contributed by atoms with Gasteiger partial charge in [-0.25, -0.2) is 4.98 Å². The Hall–Kier alpha value is -2.06. The molecule has 0 bridgehead atoms. The summed E-state index contributed by atoms with van der Waals surface area (Å²) in [6, 6.07) is 3.42. The smallest absolute Gasteiger partial charge is 0.269 e. The lowest BCUT2D eigenvalue weighted by atomic mass is 10.3. The largest absolute Gasteiger partial charge is 0.475 e. The Morgan fingerprint density at radius 1 is 1.38 bits per heavy atom. The number of hydrogen-bond acceptors (Lipinski definition) is 7. The van der Waals surface area contributed by atoms with Crippen molar-refractivity contribution in [2.24, 2.45) is 0 Å². The van der Waals surface area contributed by atoms with Crippen LogP contribution in [0.5, 0.6) is 5.88 Å². The van der Waals surface area contributed by atoms with E-state index in [4.69, 9.17) is 9.47 Å². The van der Waals surface area contributed by atoms with E-state index in [2.05, 4.69) is 19.9 Å². The number of nitrogens with zero attached hydrogens (tertiary/aromatic N) is 3. The monoisotopic (exact) mass is 308 g/mol. The SMILES string of the molecule is CCc1nnsc1C(=O)Nc1ccc(OCCOC)nc1. The zero-order valence-electron chi connectivity index (χ0n) is 11.8. The molecule has 0 fully saturated rings. The molecule has 2 rings (SSSR count). The molecule has 0 saturated carbocycles. The molecule has 0 aromatic carbocycles. The van der Waals surface area contributed by atoms with Gasteiger partial charge in [0.05, 0.1) is 24.2 Å². The van der Waals surface area contributed by atoms with Crippen LogP contribution in [0.4, 0.5) is 5.69 Å². The van der Waals surface area contributed by atoms with Crippen molar-refractivity contribution in [3.05, 3.63) is 28.9 Å². The van der Waals surface area contributed by atoms with Gasteiger partial charge in [0, 0.05) is 13.2 Å². The first-order chi connectivity index (χ1) is 10.2. The summed E-state index contributed by atoms with van der Waals surface area (Å²) in [6.07, 6.45) is 2.21. The van der Waals surface area contributed by atoms with E-state index < -0.39 is 0 Å². The highest BCUT2D eigenvalue weighted by atomic mass is 32.1. The third-order valence-electron chi connectivity index (χ3n) is 2.63. The number of ether oxygens (including phenoxy) is 2. The highest BCUT2D eigenvalue weighted by molar-refractivity contribution is 7.08. The number of carbonyl (C=O) groups excluding carboxylic acids is 1. The molecule has 0 aliphatic heterocycles. The maximum absolute atomic E-state index is 12.1. The quantitative estimate of drug-likeness (QED) is 0.785. The van der Waals surface area contributed by atoms with Crippen LogP contribution in [0.15, 0.2) is 18.3 Å². The summed E-state index contributed by atoms with van der Waals surface area (Å²) >= 11 is 1.09. The predicted octanol–water partition coefficient (Wildman–Crippen LogP) is 1.77. The van der Waals surface area contributed by atoms with Gasteiger partial charge >= 0.3 is 0 Å². The topological polar surface area (TPSA) is 86.2 Å². The van der Waals surface area contributed by atoms with Crippen LogP contribution in [0.25, 0.3) is 0 Å². The van der Waals surface area contributed by atoms with Crippen LogP contribution in [-0.4, -0.2) is 40.8 Å². The first-order valence-electron chi connectivity index (χ1n) is 6.45. The van der Waals surface area contributed by atoms with E-state index >= 15 is 0 Å². The average molecular weight is 308 g/mol. The Morgan fingerprint density at radius 3 is 2.90 bits per heavy atom. The van der Waals surface area contributed by atoms with Crippen molar-refractivity contribution in [3.8, 4) is 5.88 Å². The molecular formula is C13H16N4O3S. The van der Waals surface area contributed by atoms with Gasteiger partial charge in [0.15, 0.2) is 0 Å². The molecule has 1 N–H and O–H groups in total. The summed E-state index contributed by atoms with van der Waals surface area (Å²) in [6.45, 7) is 2.86. The molecule has 8 heteroatoms. The number of anilines is 1. The number of hydrogen-bond donors (Lipinski definition) is 1. The average Bonchev–Trinajstić information content (AvgIpc) is 2.98. The van der Waals surface area contributed by atoms with Gasteiger partial charge < -0.3 is 14.8 Å². The van der Waals surface area contributed by atoms with Crippen molar-refractivity contribution in [1.29, 1.82) is 0 Å². The number of aryl methyl sites for hydroxylation is 1. The zero-order chi connectivity index (χ0) is 15.1. The number of carbonyl (C=O) groups is 1. The Morgan fingerprint density at radius 2 is 2.24 bits per heavy atom. The second-order valence-electron chi connectivity index (χ2n) is 4.08. The van der Waals surface area contributed by atoms with Crippen molar-refractivity contribution in [2.45, 2.75) is 13.3 Å². The fourth-order valence-electron chi connectivity index (χ4n) is 1.57. The van der Waals surface area contributed by atoms with Gasteiger partial charge in [0.2, 0.25) is 5.88 Å². The molecule has 0 spiro atoms. The van der Waals surface area contributed by atoms with Gasteiger partial charge in [-0.05, 0) is 24.0 Å². The van der Waals surface area contributed by atoms with E-state index in [1.165, 1.54) is 0 Å². The summed E-state index contributed by atoms with van der Waals surface area (Å²) in [5.74, 6) is 0.260. The molecule has 0 aliphatic rings. The molecule has 0 radical (unpaired) electrons. The summed E-state index contributed by atoms with van der Waals surface area (Å²) in [7, 11) is 1.61. The maximum atomic E-state index is 12.1. The molecule has 0 aliphatic carbocycles. The van der Waals surface area contributed by atoms with Crippen LogP contribution < -0.4 is 10.1 Å². The fraction of sp³-hybridized carbons (Fsp3) is 0.385. The minimum atomic E-state index is -0.225. The Balaban J connectivity index is 1.95. The molecule has 2 aromatic rings. The van der Waals surface area contributed by atoms with Gasteiger partial charge in [0.25, 0.3) is 5.91 Å². The van der Waals surface area contributed by atoms with E-state index in [0.717, 1.165) is 11.5 Å². The lowest BCUT2D eigenvalue weighted by molar-refractivity contribution is 0.102. The number of rotatable bonds is 7. The Labute approximate surface area is 126 Å². The summed E-state index contributed by atoms with van der Waals surface area (Å²) in [4.78, 5) is 16.7. The first kappa shape index (κ1) is 15.3. The highest BCUT2D eigenvalue weighted by Gasteiger charge is 2.15. The Kier molecular flexibility index (Phi) is 5.59. The van der Waals surface area contributed by atoms with Crippen molar-refractivity contribution in [2.75, 3.05) is 25.6 Å². The zero-order valence-corrected chi connectivity index (χ0v) is 12.6. The normalized spacial score (nSPS) is 10.4. The van der Waals surface area contributed by atoms with Crippen molar-refractivity contribution < 1.29 is 14.3 Å². The van der Waals surface area contributed by atoms with Gasteiger partial charge in [-0.1, -0.05) is 11.4 Å². The number of pyridine rings is 1. The van der Waals surface area contributed by atoms with Gasteiger partial charge in [-0.3, -0.25) is 4.79 Å². The minimum absolute atomic E-state index is 0.225. The van der Waals surface area contributed by atoms with Crippen LogP contribution in [0.2, 0.25) is 0 Å². The third kappa shape index (κ3) is 4.20. The van der Waals surface area contributed by atoms with Crippen molar-refractivity contribution in [1.82, 2.24) is 14.6 Å². The molecule has 0 atom stereocenters. The second kappa shape index (κ2) is 7.65.